The Kier molecular flexibility index (Phi) is 7.15. The molecule has 1 aliphatic heterocycles. The van der Waals surface area contributed by atoms with Gasteiger partial charge in [0.2, 0.25) is 0 Å². The summed E-state index contributed by atoms with van der Waals surface area (Å²) in [5.41, 5.74) is 1.82. The molecule has 154 valence electrons. The summed E-state index contributed by atoms with van der Waals surface area (Å²) in [6, 6.07) is 14.4. The molecule has 6 nitrogen and oxygen atoms in total. The summed E-state index contributed by atoms with van der Waals surface area (Å²) in [6.07, 6.45) is 3.65. The summed E-state index contributed by atoms with van der Waals surface area (Å²) in [5.74, 6) is 0.839. The van der Waals surface area contributed by atoms with Crippen LogP contribution in [-0.2, 0) is 11.3 Å². The van der Waals surface area contributed by atoms with Gasteiger partial charge in [-0.15, -0.1) is 0 Å². The number of hydrogen-bond donors (Lipinski definition) is 0. The van der Waals surface area contributed by atoms with Crippen LogP contribution in [0.2, 0.25) is 0 Å². The molecule has 0 atom stereocenters. The van der Waals surface area contributed by atoms with Crippen molar-refractivity contribution in [2.75, 3.05) is 13.7 Å². The van der Waals surface area contributed by atoms with E-state index in [1.165, 1.54) is 0 Å². The van der Waals surface area contributed by atoms with Gasteiger partial charge in [0, 0.05) is 0 Å². The van der Waals surface area contributed by atoms with Crippen molar-refractivity contribution in [3.63, 3.8) is 0 Å². The molecule has 0 aliphatic carbocycles. The standard InChI is InChI=1S/C23H22N2O4S/c1-3-4-11-29-19-10-9-16(12-20(19)28-2)13-21-22(26)25(23(27)30-21)15-18-8-6-5-7-17(18)14-24/h5-10,12-13H,3-4,11,15H2,1-2H3/b21-13-. The Morgan fingerprint density at radius 3 is 2.70 bits per heavy atom. The molecule has 0 spiro atoms. The lowest BCUT2D eigenvalue weighted by Gasteiger charge is -2.13. The molecule has 1 saturated heterocycles. The lowest BCUT2D eigenvalue weighted by Crippen LogP contribution is -2.27. The molecule has 3 rings (SSSR count). The van der Waals surface area contributed by atoms with Gasteiger partial charge in [0.1, 0.15) is 0 Å². The van der Waals surface area contributed by atoms with Crippen LogP contribution < -0.4 is 9.47 Å². The predicted octanol–water partition coefficient (Wildman–Crippen LogP) is 4.98. The number of nitrogens with zero attached hydrogens (tertiary/aromatic N) is 2. The van der Waals surface area contributed by atoms with E-state index in [2.05, 4.69) is 13.0 Å². The first-order valence-electron chi connectivity index (χ1n) is 9.61. The van der Waals surface area contributed by atoms with E-state index in [1.54, 1.807) is 49.6 Å². The van der Waals surface area contributed by atoms with Gasteiger partial charge < -0.3 is 9.47 Å². The Labute approximate surface area is 180 Å². The molecule has 0 aromatic heterocycles. The molecule has 2 aromatic rings. The van der Waals surface area contributed by atoms with Gasteiger partial charge >= 0.3 is 0 Å². The van der Waals surface area contributed by atoms with Gasteiger partial charge in [0.15, 0.2) is 11.5 Å². The van der Waals surface area contributed by atoms with Gasteiger partial charge in [0.05, 0.1) is 36.8 Å². The van der Waals surface area contributed by atoms with E-state index in [0.717, 1.165) is 35.1 Å². The number of carbonyl (C=O) groups excluding carboxylic acids is 2. The Morgan fingerprint density at radius 2 is 1.97 bits per heavy atom. The number of amides is 2. The van der Waals surface area contributed by atoms with Gasteiger partial charge in [-0.3, -0.25) is 14.5 Å². The fourth-order valence-corrected chi connectivity index (χ4v) is 3.78. The average molecular weight is 423 g/mol. The van der Waals surface area contributed by atoms with E-state index in [0.29, 0.717) is 34.1 Å². The largest absolute Gasteiger partial charge is 0.493 e. The molecule has 2 amide bonds. The normalized spacial score (nSPS) is 14.8. The highest BCUT2D eigenvalue weighted by Crippen LogP contribution is 2.35. The van der Waals surface area contributed by atoms with Gasteiger partial charge in [-0.05, 0) is 53.6 Å². The van der Waals surface area contributed by atoms with Gasteiger partial charge in [-0.1, -0.05) is 37.6 Å². The van der Waals surface area contributed by atoms with Gasteiger partial charge in [0.25, 0.3) is 11.1 Å². The molecule has 0 unspecified atom stereocenters. The number of rotatable bonds is 8. The van der Waals surface area contributed by atoms with Crippen molar-refractivity contribution in [1.82, 2.24) is 4.90 Å². The highest BCUT2D eigenvalue weighted by Gasteiger charge is 2.35. The highest BCUT2D eigenvalue weighted by molar-refractivity contribution is 8.18. The summed E-state index contributed by atoms with van der Waals surface area (Å²) in [7, 11) is 1.56. The molecular weight excluding hydrogens is 400 g/mol. The molecule has 0 bridgehead atoms. The van der Waals surface area contributed by atoms with E-state index < -0.39 is 0 Å². The zero-order chi connectivity index (χ0) is 21.5. The molecule has 7 heteroatoms. The summed E-state index contributed by atoms with van der Waals surface area (Å²) in [5, 5.41) is 8.88. The second kappa shape index (κ2) is 9.99. The van der Waals surface area contributed by atoms with Crippen molar-refractivity contribution in [3.05, 3.63) is 64.1 Å². The fourth-order valence-electron chi connectivity index (χ4n) is 2.94. The molecule has 1 fully saturated rings. The van der Waals surface area contributed by atoms with E-state index in [-0.39, 0.29) is 17.7 Å². The number of nitriles is 1. The van der Waals surface area contributed by atoms with E-state index in [1.807, 2.05) is 6.07 Å². The maximum atomic E-state index is 12.8. The van der Waals surface area contributed by atoms with E-state index in [4.69, 9.17) is 9.47 Å². The Hall–Kier alpha value is -3.24. The van der Waals surface area contributed by atoms with Crippen LogP contribution in [-0.4, -0.2) is 29.8 Å². The molecule has 30 heavy (non-hydrogen) atoms. The van der Waals surface area contributed by atoms with Gasteiger partial charge in [-0.25, -0.2) is 0 Å². The Morgan fingerprint density at radius 1 is 1.17 bits per heavy atom. The minimum atomic E-state index is -0.375. The first kappa shape index (κ1) is 21.5. The average Bonchev–Trinajstić information content (AvgIpc) is 3.02. The van der Waals surface area contributed by atoms with Crippen molar-refractivity contribution < 1.29 is 19.1 Å². The highest BCUT2D eigenvalue weighted by atomic mass is 32.2. The van der Waals surface area contributed by atoms with Crippen molar-refractivity contribution in [2.24, 2.45) is 0 Å². The number of hydrogen-bond acceptors (Lipinski definition) is 6. The van der Waals surface area contributed by atoms with E-state index in [9.17, 15) is 14.9 Å². The zero-order valence-corrected chi connectivity index (χ0v) is 17.7. The van der Waals surface area contributed by atoms with Crippen LogP contribution in [0.5, 0.6) is 11.5 Å². The van der Waals surface area contributed by atoms with Crippen molar-refractivity contribution in [1.29, 1.82) is 5.26 Å². The quantitative estimate of drug-likeness (QED) is 0.441. The molecule has 1 heterocycles. The zero-order valence-electron chi connectivity index (χ0n) is 16.9. The second-order valence-corrected chi connectivity index (χ2v) is 7.64. The van der Waals surface area contributed by atoms with Crippen LogP contribution in [0.3, 0.4) is 0 Å². The summed E-state index contributed by atoms with van der Waals surface area (Å²) >= 11 is 0.887. The van der Waals surface area contributed by atoms with Crippen LogP contribution in [0, 0.1) is 11.3 Å². The summed E-state index contributed by atoms with van der Waals surface area (Å²) < 4.78 is 11.1. The lowest BCUT2D eigenvalue weighted by atomic mass is 10.1. The monoisotopic (exact) mass is 422 g/mol. The maximum Gasteiger partial charge on any atom is 0.293 e. The van der Waals surface area contributed by atoms with Crippen LogP contribution in [0.1, 0.15) is 36.5 Å². The first-order chi connectivity index (χ1) is 14.6. The number of carbonyl (C=O) groups is 2. The van der Waals surface area contributed by atoms with Crippen LogP contribution >= 0.6 is 11.8 Å². The number of unbranched alkanes of at least 4 members (excludes halogenated alkanes) is 1. The van der Waals surface area contributed by atoms with Crippen LogP contribution in [0.15, 0.2) is 47.4 Å². The van der Waals surface area contributed by atoms with Crippen LogP contribution in [0.25, 0.3) is 6.08 Å². The topological polar surface area (TPSA) is 79.6 Å². The summed E-state index contributed by atoms with van der Waals surface area (Å²) in [6.45, 7) is 2.77. The Bertz CT molecular complexity index is 1030. The third kappa shape index (κ3) is 4.84. The third-order valence-corrected chi connectivity index (χ3v) is 5.49. The van der Waals surface area contributed by atoms with E-state index >= 15 is 0 Å². The first-order valence-corrected chi connectivity index (χ1v) is 10.4. The number of ether oxygens (including phenoxy) is 2. The molecule has 2 aromatic carbocycles. The van der Waals surface area contributed by atoms with Gasteiger partial charge in [-0.2, -0.15) is 5.26 Å². The number of methoxy groups -OCH3 is 1. The smallest absolute Gasteiger partial charge is 0.293 e. The third-order valence-electron chi connectivity index (χ3n) is 4.58. The SMILES string of the molecule is CCCCOc1ccc(/C=C2\SC(=O)N(Cc3ccccc3C#N)C2=O)cc1OC. The van der Waals surface area contributed by atoms with Crippen molar-refractivity contribution >= 4 is 29.0 Å². The van der Waals surface area contributed by atoms with Crippen molar-refractivity contribution in [3.8, 4) is 17.6 Å². The minimum Gasteiger partial charge on any atom is -0.493 e. The fraction of sp³-hybridized carbons (Fsp3) is 0.261. The minimum absolute atomic E-state index is 0.0687. The lowest BCUT2D eigenvalue weighted by molar-refractivity contribution is -0.123. The molecule has 0 N–H and O–H groups in total. The number of thioether (sulfide) groups is 1. The van der Waals surface area contributed by atoms with Crippen LogP contribution in [0.4, 0.5) is 4.79 Å². The molecular formula is C23H22N2O4S. The maximum absolute atomic E-state index is 12.8. The summed E-state index contributed by atoms with van der Waals surface area (Å²) in [4.78, 5) is 26.7. The molecule has 0 saturated carbocycles. The Balaban J connectivity index is 1.79. The second-order valence-electron chi connectivity index (χ2n) is 6.65. The molecule has 0 radical (unpaired) electrons. The number of benzene rings is 2. The number of imide groups is 1. The van der Waals surface area contributed by atoms with Crippen molar-refractivity contribution in [2.45, 2.75) is 26.3 Å². The molecule has 1 aliphatic rings. The predicted molar refractivity (Wildman–Crippen MR) is 116 cm³/mol.